The zero-order chi connectivity index (χ0) is 23.7. The van der Waals surface area contributed by atoms with Crippen molar-refractivity contribution in [2.75, 3.05) is 48.3 Å². The molecule has 2 aliphatic heterocycles. The van der Waals surface area contributed by atoms with Gasteiger partial charge in [0.15, 0.2) is 0 Å². The van der Waals surface area contributed by atoms with Gasteiger partial charge < -0.3 is 33.2 Å². The SMILES string of the molecule is CCN1C[C@]2(C=O)CC[C@H](OC)[C@@]34C1[C@]1(OCO[C@@]15C[C@H](OC)[C@H]1C[C@@H]3[C@@H]5[C@H]1OC)[C@@H](OC)[C@H]24. The zero-order valence-electron chi connectivity index (χ0n) is 21.0. The van der Waals surface area contributed by atoms with E-state index in [4.69, 9.17) is 28.4 Å². The molecule has 0 aromatic carbocycles. The maximum atomic E-state index is 13.1. The average molecular weight is 478 g/mol. The highest BCUT2D eigenvalue weighted by molar-refractivity contribution is 5.64. The zero-order valence-corrected chi connectivity index (χ0v) is 21.0. The van der Waals surface area contributed by atoms with Crippen molar-refractivity contribution in [1.29, 1.82) is 0 Å². The van der Waals surface area contributed by atoms with Crippen molar-refractivity contribution < 1.29 is 33.2 Å². The number of nitrogens with zero attached hydrogens (tertiary/aromatic N) is 1. The predicted molar refractivity (Wildman–Crippen MR) is 120 cm³/mol. The lowest BCUT2D eigenvalue weighted by molar-refractivity contribution is -0.280. The number of aldehydes is 1. The van der Waals surface area contributed by atoms with Crippen molar-refractivity contribution in [1.82, 2.24) is 4.90 Å². The quantitative estimate of drug-likeness (QED) is 0.533. The molecule has 0 amide bonds. The monoisotopic (exact) mass is 477 g/mol. The van der Waals surface area contributed by atoms with Crippen molar-refractivity contribution >= 4 is 6.29 Å². The number of methoxy groups -OCH3 is 4. The molecular formula is C26H39NO7. The van der Waals surface area contributed by atoms with Gasteiger partial charge in [-0.25, -0.2) is 0 Å². The Labute approximate surface area is 201 Å². The minimum Gasteiger partial charge on any atom is -0.381 e. The van der Waals surface area contributed by atoms with Gasteiger partial charge in [0.25, 0.3) is 0 Å². The summed E-state index contributed by atoms with van der Waals surface area (Å²) in [4.78, 5) is 15.6. The van der Waals surface area contributed by atoms with E-state index in [2.05, 4.69) is 11.8 Å². The number of hydrogen-bond donors (Lipinski definition) is 0. The molecule has 5 saturated carbocycles. The van der Waals surface area contributed by atoms with Gasteiger partial charge in [-0.05, 0) is 31.7 Å². The second kappa shape index (κ2) is 7.03. The van der Waals surface area contributed by atoms with Crippen LogP contribution < -0.4 is 0 Å². The van der Waals surface area contributed by atoms with Crippen LogP contribution in [0.5, 0.6) is 0 Å². The summed E-state index contributed by atoms with van der Waals surface area (Å²) in [5.41, 5.74) is -2.01. The van der Waals surface area contributed by atoms with Crippen molar-refractivity contribution in [3.63, 3.8) is 0 Å². The molecular weight excluding hydrogens is 438 g/mol. The van der Waals surface area contributed by atoms with E-state index in [1.807, 2.05) is 21.3 Å². The molecule has 5 aliphatic carbocycles. The van der Waals surface area contributed by atoms with Crippen LogP contribution in [0.1, 0.15) is 32.6 Å². The molecule has 7 bridgehead atoms. The molecule has 3 spiro atoms. The molecule has 0 N–H and O–H groups in total. The highest BCUT2D eigenvalue weighted by Gasteiger charge is 2.93. The molecule has 8 heteroatoms. The normalized spacial score (nSPS) is 60.9. The Morgan fingerprint density at radius 1 is 1.09 bits per heavy atom. The smallest absolute Gasteiger partial charge is 0.148 e. The van der Waals surface area contributed by atoms with E-state index in [1.165, 1.54) is 6.29 Å². The minimum absolute atomic E-state index is 0.0263. The van der Waals surface area contributed by atoms with Crippen LogP contribution in [0.2, 0.25) is 0 Å². The Bertz CT molecular complexity index is 887. The summed E-state index contributed by atoms with van der Waals surface area (Å²) in [6.07, 6.45) is 4.60. The Morgan fingerprint density at radius 2 is 1.91 bits per heavy atom. The predicted octanol–water partition coefficient (Wildman–Crippen LogP) is 1.50. The molecule has 7 aliphatic rings. The first kappa shape index (κ1) is 22.6. The summed E-state index contributed by atoms with van der Waals surface area (Å²) in [5.74, 6) is 0.770. The number of hydrogen-bond acceptors (Lipinski definition) is 8. The second-order valence-corrected chi connectivity index (χ2v) is 12.0. The first-order valence-corrected chi connectivity index (χ1v) is 13.1. The first-order chi connectivity index (χ1) is 16.5. The number of rotatable bonds is 6. The molecule has 7 fully saturated rings. The van der Waals surface area contributed by atoms with Crippen molar-refractivity contribution in [3.8, 4) is 0 Å². The Kier molecular flexibility index (Phi) is 4.67. The molecule has 34 heavy (non-hydrogen) atoms. The lowest BCUT2D eigenvalue weighted by Gasteiger charge is -2.69. The minimum atomic E-state index is -0.696. The van der Waals surface area contributed by atoms with Crippen LogP contribution in [0, 0.1) is 34.5 Å². The topological polar surface area (TPSA) is 75.7 Å². The Morgan fingerprint density at radius 3 is 2.56 bits per heavy atom. The molecule has 0 aromatic heterocycles. The van der Waals surface area contributed by atoms with Crippen LogP contribution in [0.4, 0.5) is 0 Å². The van der Waals surface area contributed by atoms with Crippen LogP contribution >= 0.6 is 0 Å². The van der Waals surface area contributed by atoms with E-state index in [-0.39, 0.29) is 60.4 Å². The third-order valence-electron chi connectivity index (χ3n) is 12.0. The average Bonchev–Trinajstić information content (AvgIpc) is 3.44. The molecule has 0 aromatic rings. The number of likely N-dealkylation sites (N-methyl/N-ethyl adjacent to an activating group) is 1. The van der Waals surface area contributed by atoms with Gasteiger partial charge in [0.05, 0.1) is 30.5 Å². The van der Waals surface area contributed by atoms with Crippen LogP contribution in [-0.4, -0.2) is 101 Å². The fraction of sp³-hybridized carbons (Fsp3) is 0.962. The lowest BCUT2D eigenvalue weighted by Crippen LogP contribution is -2.81. The van der Waals surface area contributed by atoms with E-state index in [0.29, 0.717) is 5.92 Å². The van der Waals surface area contributed by atoms with Gasteiger partial charge in [-0.2, -0.15) is 0 Å². The summed E-state index contributed by atoms with van der Waals surface area (Å²) in [6, 6.07) is 0.0638. The van der Waals surface area contributed by atoms with Gasteiger partial charge in [0.2, 0.25) is 0 Å². The van der Waals surface area contributed by atoms with Crippen LogP contribution in [0.25, 0.3) is 0 Å². The van der Waals surface area contributed by atoms with Crippen LogP contribution in [0.3, 0.4) is 0 Å². The summed E-state index contributed by atoms with van der Waals surface area (Å²) >= 11 is 0. The number of piperidine rings is 1. The lowest BCUT2D eigenvalue weighted by atomic mass is 9.43. The maximum absolute atomic E-state index is 13.1. The molecule has 13 atom stereocenters. The molecule has 2 saturated heterocycles. The van der Waals surface area contributed by atoms with Gasteiger partial charge in [-0.1, -0.05) is 6.92 Å². The van der Waals surface area contributed by atoms with E-state index >= 15 is 0 Å². The first-order valence-electron chi connectivity index (χ1n) is 13.1. The van der Waals surface area contributed by atoms with Gasteiger partial charge in [0.1, 0.15) is 24.3 Å². The summed E-state index contributed by atoms with van der Waals surface area (Å²) in [5, 5.41) is 0. The van der Waals surface area contributed by atoms with Crippen LogP contribution in [-0.2, 0) is 33.2 Å². The standard InChI is InChI=1S/C26H39NO7/c1-6-27-11-23(12-28)8-7-17(30-3)25-15-9-14-16(29-2)10-24(18(15)19(14)31-4)26(22(25)27,34-13-33-24)21(32-5)20(23)25/h12,14-22H,6-11,13H2,1-5H3/t14-,15-,16+,17+,18-,19+,20-,21+,22?,23+,24-,25+,26-/m1/s1. The number of fused-ring (bicyclic) bond motifs is 1. The van der Waals surface area contributed by atoms with Crippen LogP contribution in [0.15, 0.2) is 0 Å². The third kappa shape index (κ3) is 1.97. The maximum Gasteiger partial charge on any atom is 0.148 e. The second-order valence-electron chi connectivity index (χ2n) is 12.0. The van der Waals surface area contributed by atoms with E-state index in [9.17, 15) is 4.79 Å². The number of carbonyl (C=O) groups excluding carboxylic acids is 1. The van der Waals surface area contributed by atoms with Gasteiger partial charge >= 0.3 is 0 Å². The van der Waals surface area contributed by atoms with Crippen molar-refractivity contribution in [2.24, 2.45) is 34.5 Å². The van der Waals surface area contributed by atoms with Gasteiger partial charge in [-0.15, -0.1) is 0 Å². The number of likely N-dealkylation sites (tertiary alicyclic amines) is 1. The Hall–Kier alpha value is -0.610. The molecule has 1 unspecified atom stereocenters. The molecule has 7 rings (SSSR count). The highest BCUT2D eigenvalue weighted by Crippen LogP contribution is 2.82. The van der Waals surface area contributed by atoms with Gasteiger partial charge in [0, 0.05) is 70.0 Å². The fourth-order valence-corrected chi connectivity index (χ4v) is 11.6. The van der Waals surface area contributed by atoms with Gasteiger partial charge in [-0.3, -0.25) is 4.90 Å². The third-order valence-corrected chi connectivity index (χ3v) is 12.0. The highest BCUT2D eigenvalue weighted by atomic mass is 16.7. The summed E-state index contributed by atoms with van der Waals surface area (Å²) < 4.78 is 39.1. The number of ether oxygens (including phenoxy) is 6. The van der Waals surface area contributed by atoms with Crippen molar-refractivity contribution in [2.45, 2.75) is 74.3 Å². The van der Waals surface area contributed by atoms with E-state index in [1.54, 1.807) is 7.11 Å². The molecule has 2 heterocycles. The molecule has 0 radical (unpaired) electrons. The molecule has 190 valence electrons. The molecule has 8 nitrogen and oxygen atoms in total. The van der Waals surface area contributed by atoms with E-state index < -0.39 is 16.6 Å². The summed E-state index contributed by atoms with van der Waals surface area (Å²) in [7, 11) is 7.31. The fourth-order valence-electron chi connectivity index (χ4n) is 11.6. The number of carbonyl (C=O) groups is 1. The van der Waals surface area contributed by atoms with Crippen molar-refractivity contribution in [3.05, 3.63) is 0 Å². The largest absolute Gasteiger partial charge is 0.381 e. The Balaban J connectivity index is 1.58. The summed E-state index contributed by atoms with van der Waals surface area (Å²) in [6.45, 7) is 4.06. The van der Waals surface area contributed by atoms with E-state index in [0.717, 1.165) is 38.8 Å².